The minimum absolute atomic E-state index is 0.00414. The highest BCUT2D eigenvalue weighted by molar-refractivity contribution is 5.96. The lowest BCUT2D eigenvalue weighted by molar-refractivity contribution is -0.132. The molecule has 2 amide bonds. The van der Waals surface area contributed by atoms with Crippen molar-refractivity contribution in [2.24, 2.45) is 0 Å². The number of fused-ring (bicyclic) bond motifs is 1. The smallest absolute Gasteiger partial charge is 0.254 e. The van der Waals surface area contributed by atoms with Gasteiger partial charge in [0, 0.05) is 25.7 Å². The lowest BCUT2D eigenvalue weighted by atomic mass is 10.00. The fourth-order valence-corrected chi connectivity index (χ4v) is 3.19. The Morgan fingerprint density at radius 3 is 2.40 bits per heavy atom. The van der Waals surface area contributed by atoms with Gasteiger partial charge in [-0.1, -0.05) is 43.3 Å². The maximum Gasteiger partial charge on any atom is 0.254 e. The Bertz CT molecular complexity index is 768. The van der Waals surface area contributed by atoms with Crippen LogP contribution in [0.4, 0.5) is 0 Å². The predicted octanol–water partition coefficient (Wildman–Crippen LogP) is 2.91. The molecule has 1 aliphatic rings. The molecule has 4 heteroatoms. The van der Waals surface area contributed by atoms with E-state index in [2.05, 4.69) is 19.1 Å². The molecule has 1 aliphatic heterocycles. The number of amides is 2. The average molecular weight is 336 g/mol. The van der Waals surface area contributed by atoms with Crippen LogP contribution < -0.4 is 0 Å². The highest BCUT2D eigenvalue weighted by atomic mass is 16.2. The monoisotopic (exact) mass is 336 g/mol. The number of rotatable bonds is 4. The Balaban J connectivity index is 1.61. The number of hydrogen-bond donors (Lipinski definition) is 0. The van der Waals surface area contributed by atoms with Crippen molar-refractivity contribution in [1.82, 2.24) is 9.80 Å². The Morgan fingerprint density at radius 2 is 1.72 bits per heavy atom. The van der Waals surface area contributed by atoms with Crippen LogP contribution in [0.15, 0.2) is 48.5 Å². The zero-order valence-corrected chi connectivity index (χ0v) is 14.9. The van der Waals surface area contributed by atoms with E-state index in [1.54, 1.807) is 7.05 Å². The third-order valence-electron chi connectivity index (χ3n) is 4.81. The summed E-state index contributed by atoms with van der Waals surface area (Å²) in [4.78, 5) is 28.4. The Kier molecular flexibility index (Phi) is 5.17. The number of carbonyl (C=O) groups is 2. The molecule has 0 aromatic heterocycles. The molecule has 0 N–H and O–H groups in total. The predicted molar refractivity (Wildman–Crippen MR) is 98.3 cm³/mol. The molecular formula is C21H24N2O2. The number of likely N-dealkylation sites (N-methyl/N-ethyl adjacent to an activating group) is 1. The molecule has 2 aromatic rings. The molecule has 0 fully saturated rings. The van der Waals surface area contributed by atoms with E-state index in [0.29, 0.717) is 18.7 Å². The molecule has 1 heterocycles. The molecule has 0 spiro atoms. The maximum atomic E-state index is 12.6. The summed E-state index contributed by atoms with van der Waals surface area (Å²) in [5, 5.41) is 0. The summed E-state index contributed by atoms with van der Waals surface area (Å²) in [6, 6.07) is 15.8. The fourth-order valence-electron chi connectivity index (χ4n) is 3.19. The molecule has 0 saturated carbocycles. The van der Waals surface area contributed by atoms with E-state index in [9.17, 15) is 9.59 Å². The number of carbonyl (C=O) groups excluding carboxylic acids is 2. The SMILES string of the molecule is CCc1ccc(C(=O)N(C)CC(=O)N2CCc3ccccc3C2)cc1. The second kappa shape index (κ2) is 7.51. The normalized spacial score (nSPS) is 13.3. The first-order chi connectivity index (χ1) is 12.1. The van der Waals surface area contributed by atoms with Crippen LogP contribution in [0.25, 0.3) is 0 Å². The van der Waals surface area contributed by atoms with Gasteiger partial charge >= 0.3 is 0 Å². The molecule has 3 rings (SSSR count). The van der Waals surface area contributed by atoms with Crippen molar-refractivity contribution >= 4 is 11.8 Å². The van der Waals surface area contributed by atoms with Crippen molar-refractivity contribution in [3.8, 4) is 0 Å². The van der Waals surface area contributed by atoms with Crippen molar-refractivity contribution in [1.29, 1.82) is 0 Å². The van der Waals surface area contributed by atoms with Crippen molar-refractivity contribution in [3.63, 3.8) is 0 Å². The van der Waals surface area contributed by atoms with Crippen molar-refractivity contribution < 1.29 is 9.59 Å². The van der Waals surface area contributed by atoms with Crippen molar-refractivity contribution in [2.75, 3.05) is 20.1 Å². The molecule has 0 saturated heterocycles. The molecule has 0 bridgehead atoms. The number of hydrogen-bond acceptors (Lipinski definition) is 2. The minimum atomic E-state index is -0.117. The van der Waals surface area contributed by atoms with E-state index in [-0.39, 0.29) is 18.4 Å². The Hall–Kier alpha value is -2.62. The first-order valence-electron chi connectivity index (χ1n) is 8.77. The molecule has 130 valence electrons. The first-order valence-corrected chi connectivity index (χ1v) is 8.77. The second-order valence-corrected chi connectivity index (χ2v) is 6.55. The van der Waals surface area contributed by atoms with Crippen molar-refractivity contribution in [2.45, 2.75) is 26.3 Å². The fraction of sp³-hybridized carbons (Fsp3) is 0.333. The maximum absolute atomic E-state index is 12.6. The summed E-state index contributed by atoms with van der Waals surface area (Å²) in [6.45, 7) is 3.53. The molecule has 4 nitrogen and oxygen atoms in total. The molecule has 0 atom stereocenters. The summed E-state index contributed by atoms with van der Waals surface area (Å²) in [5.41, 5.74) is 4.33. The van der Waals surface area contributed by atoms with Crippen LogP contribution in [0.5, 0.6) is 0 Å². The summed E-state index contributed by atoms with van der Waals surface area (Å²) >= 11 is 0. The largest absolute Gasteiger partial charge is 0.336 e. The van der Waals surface area contributed by atoms with Gasteiger partial charge in [0.15, 0.2) is 0 Å². The van der Waals surface area contributed by atoms with Gasteiger partial charge in [0.2, 0.25) is 5.91 Å². The van der Waals surface area contributed by atoms with E-state index >= 15 is 0 Å². The Morgan fingerprint density at radius 1 is 1.04 bits per heavy atom. The van der Waals surface area contributed by atoms with Gasteiger partial charge in [0.1, 0.15) is 0 Å². The Labute approximate surface area is 149 Å². The zero-order valence-electron chi connectivity index (χ0n) is 14.9. The van der Waals surface area contributed by atoms with Gasteiger partial charge in [0.05, 0.1) is 6.54 Å². The van der Waals surface area contributed by atoms with Crippen LogP contribution in [-0.2, 0) is 24.2 Å². The molecule has 0 aliphatic carbocycles. The summed E-state index contributed by atoms with van der Waals surface area (Å²) in [5.74, 6) is -0.121. The second-order valence-electron chi connectivity index (χ2n) is 6.55. The third-order valence-corrected chi connectivity index (χ3v) is 4.81. The zero-order chi connectivity index (χ0) is 17.8. The summed E-state index contributed by atoms with van der Waals surface area (Å²) in [7, 11) is 1.69. The van der Waals surface area contributed by atoms with Gasteiger partial charge < -0.3 is 9.80 Å². The quantitative estimate of drug-likeness (QED) is 0.861. The van der Waals surface area contributed by atoms with Gasteiger partial charge in [-0.15, -0.1) is 0 Å². The average Bonchev–Trinajstić information content (AvgIpc) is 2.67. The lowest BCUT2D eigenvalue weighted by Crippen LogP contribution is -2.43. The van der Waals surface area contributed by atoms with Gasteiger partial charge in [-0.3, -0.25) is 9.59 Å². The minimum Gasteiger partial charge on any atom is -0.336 e. The molecule has 25 heavy (non-hydrogen) atoms. The van der Waals surface area contributed by atoms with Gasteiger partial charge in [0.25, 0.3) is 5.91 Å². The van der Waals surface area contributed by atoms with E-state index in [4.69, 9.17) is 0 Å². The highest BCUT2D eigenvalue weighted by Gasteiger charge is 2.23. The molecule has 0 unspecified atom stereocenters. The van der Waals surface area contributed by atoms with Crippen molar-refractivity contribution in [3.05, 3.63) is 70.8 Å². The van der Waals surface area contributed by atoms with Gasteiger partial charge in [-0.25, -0.2) is 0 Å². The van der Waals surface area contributed by atoms with Crippen LogP contribution in [0.3, 0.4) is 0 Å². The van der Waals surface area contributed by atoms with Gasteiger partial charge in [-0.05, 0) is 41.7 Å². The topological polar surface area (TPSA) is 40.6 Å². The molecule has 0 radical (unpaired) electrons. The number of benzene rings is 2. The molecule has 2 aromatic carbocycles. The summed E-state index contributed by atoms with van der Waals surface area (Å²) in [6.07, 6.45) is 1.82. The van der Waals surface area contributed by atoms with Crippen LogP contribution in [0.1, 0.15) is 34.0 Å². The van der Waals surface area contributed by atoms with Crippen LogP contribution in [0, 0.1) is 0 Å². The summed E-state index contributed by atoms with van der Waals surface area (Å²) < 4.78 is 0. The third kappa shape index (κ3) is 3.90. The van der Waals surface area contributed by atoms with Crippen LogP contribution in [-0.4, -0.2) is 41.8 Å². The standard InChI is InChI=1S/C21H24N2O2/c1-3-16-8-10-18(11-9-16)21(25)22(2)15-20(24)23-13-12-17-6-4-5-7-19(17)14-23/h4-11H,3,12-15H2,1-2H3. The van der Waals surface area contributed by atoms with E-state index in [1.807, 2.05) is 41.3 Å². The van der Waals surface area contributed by atoms with Crippen LogP contribution >= 0.6 is 0 Å². The number of aryl methyl sites for hydroxylation is 1. The van der Waals surface area contributed by atoms with E-state index in [0.717, 1.165) is 12.8 Å². The van der Waals surface area contributed by atoms with Gasteiger partial charge in [-0.2, -0.15) is 0 Å². The van der Waals surface area contributed by atoms with E-state index in [1.165, 1.54) is 21.6 Å². The number of nitrogens with zero attached hydrogens (tertiary/aromatic N) is 2. The first kappa shape index (κ1) is 17.2. The lowest BCUT2D eigenvalue weighted by Gasteiger charge is -2.30. The highest BCUT2D eigenvalue weighted by Crippen LogP contribution is 2.18. The van der Waals surface area contributed by atoms with Crippen LogP contribution in [0.2, 0.25) is 0 Å². The van der Waals surface area contributed by atoms with E-state index < -0.39 is 0 Å². The molecular weight excluding hydrogens is 312 g/mol.